The molecule has 2 heterocycles. The highest BCUT2D eigenvalue weighted by atomic mass is 35.5. The number of hydrogen-bond acceptors (Lipinski definition) is 7. The zero-order valence-electron chi connectivity index (χ0n) is 30.5. The van der Waals surface area contributed by atoms with Crippen LogP contribution in [-0.4, -0.2) is 57.6 Å². The first-order valence-electron chi connectivity index (χ1n) is 17.8. The lowest BCUT2D eigenvalue weighted by Gasteiger charge is -2.40. The highest BCUT2D eigenvalue weighted by molar-refractivity contribution is 6.33. The molecule has 3 aromatic carbocycles. The van der Waals surface area contributed by atoms with E-state index in [0.29, 0.717) is 36.8 Å². The molecule has 286 valence electrons. The molecule has 2 atom stereocenters. The number of nitrogens with zero attached hydrogens (tertiary/aromatic N) is 3. The normalized spacial score (nSPS) is 17.2. The van der Waals surface area contributed by atoms with E-state index in [2.05, 4.69) is 10.5 Å². The number of benzene rings is 3. The van der Waals surface area contributed by atoms with Crippen molar-refractivity contribution in [3.8, 4) is 17.0 Å². The molecule has 2 fully saturated rings. The molecule has 0 bridgehead atoms. The van der Waals surface area contributed by atoms with Crippen LogP contribution < -0.4 is 10.1 Å². The number of piperidine rings is 1. The summed E-state index contributed by atoms with van der Waals surface area (Å²) in [7, 11) is 0. The van der Waals surface area contributed by atoms with E-state index in [4.69, 9.17) is 37.2 Å². The number of halogens is 4. The number of aromatic nitrogens is 1. The molecule has 6 rings (SSSR count). The second kappa shape index (κ2) is 16.4. The average molecular weight is 784 g/mol. The van der Waals surface area contributed by atoms with Crippen LogP contribution in [0.1, 0.15) is 75.3 Å². The van der Waals surface area contributed by atoms with Gasteiger partial charge in [-0.05, 0) is 93.0 Å². The molecule has 1 aromatic heterocycles. The highest BCUT2D eigenvalue weighted by Gasteiger charge is 2.43. The molecule has 0 spiro atoms. The Morgan fingerprint density at radius 3 is 2.41 bits per heavy atom. The summed E-state index contributed by atoms with van der Waals surface area (Å²) in [6, 6.07) is 16.3. The lowest BCUT2D eigenvalue weighted by molar-refractivity contribution is -0.139. The summed E-state index contributed by atoms with van der Waals surface area (Å²) in [4.78, 5) is 42.9. The van der Waals surface area contributed by atoms with Gasteiger partial charge in [0.25, 0.3) is 0 Å². The summed E-state index contributed by atoms with van der Waals surface area (Å²) in [5.41, 5.74) is 1.71. The number of rotatable bonds is 11. The SMILES string of the molecule is CC(=O)NCc1ccc(Cl)c(CN(C(=O)C2CN(C(=O)OC(C)(C)C)CCC2c2ccc(OCc3cc(-c4c(F)ccc(F)c4Cl)no3)cc2)C2CC2)c1. The molecule has 0 radical (unpaired) electrons. The van der Waals surface area contributed by atoms with Gasteiger partial charge in [-0.3, -0.25) is 9.59 Å². The average Bonchev–Trinajstić information content (AvgIpc) is 3.87. The van der Waals surface area contributed by atoms with Crippen molar-refractivity contribution in [3.05, 3.63) is 105 Å². The monoisotopic (exact) mass is 782 g/mol. The van der Waals surface area contributed by atoms with Crippen molar-refractivity contribution >= 4 is 41.1 Å². The van der Waals surface area contributed by atoms with Crippen LogP contribution in [0.2, 0.25) is 10.0 Å². The predicted octanol–water partition coefficient (Wildman–Crippen LogP) is 8.67. The van der Waals surface area contributed by atoms with E-state index in [1.54, 1.807) is 23.1 Å². The van der Waals surface area contributed by atoms with Crippen LogP contribution in [0.4, 0.5) is 13.6 Å². The van der Waals surface area contributed by atoms with E-state index < -0.39 is 34.3 Å². The number of carbonyl (C=O) groups excluding carboxylic acids is 3. The summed E-state index contributed by atoms with van der Waals surface area (Å²) >= 11 is 12.6. The lowest BCUT2D eigenvalue weighted by Crippen LogP contribution is -2.51. The maximum Gasteiger partial charge on any atom is 0.410 e. The fourth-order valence-corrected chi connectivity index (χ4v) is 7.00. The van der Waals surface area contributed by atoms with Crippen LogP contribution in [-0.2, 0) is 34.0 Å². The van der Waals surface area contributed by atoms with Crippen molar-refractivity contribution in [2.24, 2.45) is 5.92 Å². The Morgan fingerprint density at radius 2 is 1.72 bits per heavy atom. The Bertz CT molecular complexity index is 2010. The van der Waals surface area contributed by atoms with Crippen molar-refractivity contribution in [2.45, 2.75) is 84.2 Å². The Kier molecular flexibility index (Phi) is 11.8. The van der Waals surface area contributed by atoms with Gasteiger partial charge in [-0.2, -0.15) is 0 Å². The number of nitrogens with one attached hydrogen (secondary N) is 1. The lowest BCUT2D eigenvalue weighted by atomic mass is 9.79. The minimum absolute atomic E-state index is 0.0405. The number of ether oxygens (including phenoxy) is 2. The van der Waals surface area contributed by atoms with Gasteiger partial charge in [-0.15, -0.1) is 0 Å². The van der Waals surface area contributed by atoms with E-state index in [9.17, 15) is 23.2 Å². The van der Waals surface area contributed by atoms with Crippen LogP contribution in [0, 0.1) is 17.6 Å². The topological polar surface area (TPSA) is 114 Å². The van der Waals surface area contributed by atoms with Gasteiger partial charge < -0.3 is 29.1 Å². The predicted molar refractivity (Wildman–Crippen MR) is 199 cm³/mol. The molecule has 2 unspecified atom stereocenters. The van der Waals surface area contributed by atoms with E-state index in [1.165, 1.54) is 13.0 Å². The van der Waals surface area contributed by atoms with Gasteiger partial charge in [0.05, 0.1) is 16.5 Å². The minimum atomic E-state index is -0.775. The molecule has 1 aliphatic carbocycles. The Labute approximate surface area is 322 Å². The van der Waals surface area contributed by atoms with Crippen LogP contribution in [0.3, 0.4) is 0 Å². The molecular weight excluding hydrogens is 741 g/mol. The molecule has 2 aliphatic rings. The third kappa shape index (κ3) is 9.51. The largest absolute Gasteiger partial charge is 0.486 e. The standard InChI is InChI=1S/C40H42Cl2F2N4O6/c1-23(49)45-19-24-5-12-32(41)26(17-24)20-48(27-8-9-27)38(50)31-21-47(39(51)53-40(2,3)4)16-15-30(31)25-6-10-28(11-7-25)52-22-29-18-35(46-54-29)36-33(43)13-14-34(44)37(36)42/h5-7,10-14,17-18,27,30-31H,8-9,15-16,19-22H2,1-4H3,(H,45,49). The van der Waals surface area contributed by atoms with E-state index in [0.717, 1.165) is 41.7 Å². The van der Waals surface area contributed by atoms with Crippen molar-refractivity contribution in [1.29, 1.82) is 0 Å². The van der Waals surface area contributed by atoms with E-state index in [-0.39, 0.29) is 53.9 Å². The molecule has 4 aromatic rings. The van der Waals surface area contributed by atoms with Crippen LogP contribution >= 0.6 is 23.2 Å². The van der Waals surface area contributed by atoms with E-state index >= 15 is 0 Å². The van der Waals surface area contributed by atoms with Crippen molar-refractivity contribution in [3.63, 3.8) is 0 Å². The van der Waals surface area contributed by atoms with Gasteiger partial charge in [0.2, 0.25) is 11.8 Å². The van der Waals surface area contributed by atoms with Gasteiger partial charge in [-0.25, -0.2) is 13.6 Å². The number of likely N-dealkylation sites (tertiary alicyclic amines) is 1. The van der Waals surface area contributed by atoms with Crippen molar-refractivity contribution in [1.82, 2.24) is 20.3 Å². The summed E-state index contributed by atoms with van der Waals surface area (Å²) in [5, 5.41) is 6.78. The van der Waals surface area contributed by atoms with Crippen LogP contribution in [0.5, 0.6) is 5.75 Å². The minimum Gasteiger partial charge on any atom is -0.486 e. The smallest absolute Gasteiger partial charge is 0.410 e. The molecule has 3 amide bonds. The number of amides is 3. The maximum absolute atomic E-state index is 14.7. The number of carbonyl (C=O) groups is 3. The molecule has 1 saturated heterocycles. The van der Waals surface area contributed by atoms with Crippen molar-refractivity contribution in [2.75, 3.05) is 13.1 Å². The van der Waals surface area contributed by atoms with Gasteiger partial charge in [0.1, 0.15) is 35.3 Å². The number of hydrogen-bond donors (Lipinski definition) is 1. The summed E-state index contributed by atoms with van der Waals surface area (Å²) in [5.74, 6) is -1.72. The third-order valence-electron chi connectivity index (χ3n) is 9.39. The zero-order chi connectivity index (χ0) is 38.7. The Hall–Kier alpha value is -4.68. The molecule has 1 N–H and O–H groups in total. The quantitative estimate of drug-likeness (QED) is 0.152. The second-order valence-electron chi connectivity index (χ2n) is 14.7. The molecule has 54 heavy (non-hydrogen) atoms. The van der Waals surface area contributed by atoms with Gasteiger partial charge >= 0.3 is 6.09 Å². The highest BCUT2D eigenvalue weighted by Crippen LogP contribution is 2.39. The van der Waals surface area contributed by atoms with Gasteiger partial charge in [0.15, 0.2) is 5.76 Å². The fourth-order valence-electron chi connectivity index (χ4n) is 6.58. The summed E-state index contributed by atoms with van der Waals surface area (Å²) in [6.07, 6.45) is 1.80. The van der Waals surface area contributed by atoms with Crippen LogP contribution in [0.25, 0.3) is 11.3 Å². The second-order valence-corrected chi connectivity index (χ2v) is 15.5. The molecule has 1 aliphatic heterocycles. The maximum atomic E-state index is 14.7. The summed E-state index contributed by atoms with van der Waals surface area (Å²) < 4.78 is 45.3. The van der Waals surface area contributed by atoms with Crippen molar-refractivity contribution < 1.29 is 37.2 Å². The third-order valence-corrected chi connectivity index (χ3v) is 10.1. The van der Waals surface area contributed by atoms with Gasteiger partial charge in [0, 0.05) is 50.2 Å². The fraction of sp³-hybridized carbons (Fsp3) is 0.400. The van der Waals surface area contributed by atoms with Crippen LogP contribution in [0.15, 0.2) is 65.2 Å². The van der Waals surface area contributed by atoms with Gasteiger partial charge in [-0.1, -0.05) is 52.6 Å². The first kappa shape index (κ1) is 39.0. The summed E-state index contributed by atoms with van der Waals surface area (Å²) in [6.45, 7) is 8.07. The van der Waals surface area contributed by atoms with E-state index in [1.807, 2.05) is 49.9 Å². The Balaban J connectivity index is 1.20. The zero-order valence-corrected chi connectivity index (χ0v) is 32.0. The molecule has 14 heteroatoms. The first-order valence-corrected chi connectivity index (χ1v) is 18.5. The molecular formula is C40H42Cl2F2N4O6. The molecule has 10 nitrogen and oxygen atoms in total. The Morgan fingerprint density at radius 1 is 1.00 bits per heavy atom. The first-order chi connectivity index (χ1) is 25.7. The molecule has 1 saturated carbocycles.